The quantitative estimate of drug-likeness (QED) is 0.159. The van der Waals surface area contributed by atoms with Crippen molar-refractivity contribution < 1.29 is 0 Å². The summed E-state index contributed by atoms with van der Waals surface area (Å²) >= 11 is 1.84. The van der Waals surface area contributed by atoms with Crippen LogP contribution in [0.25, 0.3) is 109 Å². The zero-order valence-corrected chi connectivity index (χ0v) is 31.6. The standard InChI is InChI=1S/C53H33N3S/c1-4-14-34(15-5-1)37-20-12-22-39(30-37)47-33-48(40-23-13-21-38(31-40)35-16-6-2-7-17-35)56-53(55-47)41-26-27-42-43-28-29-45-50(52(43)57-49(42)32-41)44-24-10-11-25-46(44)54-51(45)36-18-8-3-9-19-36/h1-33H. The predicted molar refractivity (Wildman–Crippen MR) is 240 cm³/mol. The average molecular weight is 744 g/mol. The third-order valence-corrected chi connectivity index (χ3v) is 12.1. The van der Waals surface area contributed by atoms with Gasteiger partial charge in [-0.3, -0.25) is 0 Å². The first-order valence-corrected chi connectivity index (χ1v) is 20.0. The summed E-state index contributed by atoms with van der Waals surface area (Å²) in [5.41, 5.74) is 12.6. The highest BCUT2D eigenvalue weighted by molar-refractivity contribution is 7.26. The second kappa shape index (κ2) is 13.8. The van der Waals surface area contributed by atoms with Gasteiger partial charge in [0.05, 0.1) is 22.6 Å². The van der Waals surface area contributed by atoms with Gasteiger partial charge >= 0.3 is 0 Å². The molecule has 0 radical (unpaired) electrons. The lowest BCUT2D eigenvalue weighted by Crippen LogP contribution is -1.96. The van der Waals surface area contributed by atoms with Crippen LogP contribution in [0.2, 0.25) is 0 Å². The number of thiophene rings is 1. The Kier molecular flexibility index (Phi) is 8.01. The van der Waals surface area contributed by atoms with Crippen LogP contribution in [0.4, 0.5) is 0 Å². The number of benzene rings is 8. The topological polar surface area (TPSA) is 38.7 Å². The van der Waals surface area contributed by atoms with Gasteiger partial charge in [-0.1, -0.05) is 170 Å². The van der Waals surface area contributed by atoms with Crippen LogP contribution in [-0.2, 0) is 0 Å². The first-order chi connectivity index (χ1) is 28.2. The normalized spacial score (nSPS) is 11.5. The molecule has 0 bridgehead atoms. The van der Waals surface area contributed by atoms with E-state index in [1.54, 1.807) is 0 Å². The summed E-state index contributed by atoms with van der Waals surface area (Å²) < 4.78 is 2.46. The van der Waals surface area contributed by atoms with Crippen molar-refractivity contribution >= 4 is 53.2 Å². The maximum atomic E-state index is 5.30. The van der Waals surface area contributed by atoms with Crippen LogP contribution in [0.3, 0.4) is 0 Å². The molecular formula is C53H33N3S. The molecule has 57 heavy (non-hydrogen) atoms. The molecule has 0 unspecified atom stereocenters. The maximum Gasteiger partial charge on any atom is 0.160 e. The van der Waals surface area contributed by atoms with E-state index in [2.05, 4.69) is 200 Å². The van der Waals surface area contributed by atoms with Crippen molar-refractivity contribution in [3.05, 3.63) is 200 Å². The summed E-state index contributed by atoms with van der Waals surface area (Å²) in [6, 6.07) is 70.7. The highest BCUT2D eigenvalue weighted by Gasteiger charge is 2.18. The molecule has 0 fully saturated rings. The summed E-state index contributed by atoms with van der Waals surface area (Å²) in [5, 5.41) is 6.05. The number of pyridine rings is 1. The molecule has 8 aromatic carbocycles. The Labute approximate surface area is 334 Å². The van der Waals surface area contributed by atoms with Crippen molar-refractivity contribution in [1.82, 2.24) is 15.0 Å². The van der Waals surface area contributed by atoms with E-state index in [1.165, 1.54) is 42.1 Å². The number of para-hydroxylation sites is 1. The molecule has 0 aliphatic rings. The van der Waals surface area contributed by atoms with Crippen LogP contribution < -0.4 is 0 Å². The van der Waals surface area contributed by atoms with Gasteiger partial charge in [-0.2, -0.15) is 0 Å². The summed E-state index contributed by atoms with van der Waals surface area (Å²) in [4.78, 5) is 15.8. The largest absolute Gasteiger partial charge is 0.247 e. The number of rotatable bonds is 6. The highest BCUT2D eigenvalue weighted by atomic mass is 32.1. The molecule has 3 heterocycles. The molecule has 3 aromatic heterocycles. The first kappa shape index (κ1) is 33.1. The fraction of sp³-hybridized carbons (Fsp3) is 0. The molecule has 0 N–H and O–H groups in total. The Morgan fingerprint density at radius 3 is 1.49 bits per heavy atom. The Hall–Kier alpha value is -7.27. The molecule has 0 aliphatic heterocycles. The van der Waals surface area contributed by atoms with E-state index in [-0.39, 0.29) is 0 Å². The molecule has 0 spiro atoms. The zero-order valence-electron chi connectivity index (χ0n) is 30.8. The molecule has 11 aromatic rings. The second-order valence-corrected chi connectivity index (χ2v) is 15.4. The third kappa shape index (κ3) is 5.95. The van der Waals surface area contributed by atoms with E-state index in [0.29, 0.717) is 5.82 Å². The van der Waals surface area contributed by atoms with Crippen LogP contribution in [0.5, 0.6) is 0 Å². The first-order valence-electron chi connectivity index (χ1n) is 19.2. The molecule has 11 rings (SSSR count). The van der Waals surface area contributed by atoms with Crippen LogP contribution in [0.1, 0.15) is 0 Å². The van der Waals surface area contributed by atoms with E-state index in [9.17, 15) is 0 Å². The van der Waals surface area contributed by atoms with Gasteiger partial charge in [-0.15, -0.1) is 11.3 Å². The molecule has 0 aliphatic carbocycles. The lowest BCUT2D eigenvalue weighted by molar-refractivity contribution is 1.18. The molecular weight excluding hydrogens is 711 g/mol. The monoisotopic (exact) mass is 743 g/mol. The van der Waals surface area contributed by atoms with E-state index < -0.39 is 0 Å². The predicted octanol–water partition coefficient (Wildman–Crippen LogP) is 14.5. The number of aromatic nitrogens is 3. The Morgan fingerprint density at radius 2 is 0.842 bits per heavy atom. The summed E-state index contributed by atoms with van der Waals surface area (Å²) in [6.45, 7) is 0. The Bertz CT molecular complexity index is 3180. The second-order valence-electron chi connectivity index (χ2n) is 14.4. The fourth-order valence-electron chi connectivity index (χ4n) is 8.07. The van der Waals surface area contributed by atoms with Crippen LogP contribution in [-0.4, -0.2) is 15.0 Å². The van der Waals surface area contributed by atoms with Crippen LogP contribution in [0, 0.1) is 0 Å². The van der Waals surface area contributed by atoms with Gasteiger partial charge in [0.1, 0.15) is 0 Å². The number of hydrogen-bond acceptors (Lipinski definition) is 4. The van der Waals surface area contributed by atoms with Gasteiger partial charge in [0.2, 0.25) is 0 Å². The van der Waals surface area contributed by atoms with Gasteiger partial charge in [0.25, 0.3) is 0 Å². The summed E-state index contributed by atoms with van der Waals surface area (Å²) in [5.74, 6) is 0.697. The van der Waals surface area contributed by atoms with Crippen molar-refractivity contribution in [2.45, 2.75) is 0 Å². The molecule has 0 saturated carbocycles. The number of fused-ring (bicyclic) bond motifs is 7. The average Bonchev–Trinajstić information content (AvgIpc) is 3.68. The van der Waals surface area contributed by atoms with Gasteiger partial charge in [0.15, 0.2) is 5.82 Å². The minimum atomic E-state index is 0.697. The smallest absolute Gasteiger partial charge is 0.160 e. The summed E-state index contributed by atoms with van der Waals surface area (Å²) in [7, 11) is 0. The molecule has 0 atom stereocenters. The van der Waals surface area contributed by atoms with Gasteiger partial charge in [0, 0.05) is 58.6 Å². The van der Waals surface area contributed by atoms with Crippen molar-refractivity contribution in [3.63, 3.8) is 0 Å². The van der Waals surface area contributed by atoms with E-state index >= 15 is 0 Å². The van der Waals surface area contributed by atoms with Crippen LogP contribution in [0.15, 0.2) is 200 Å². The lowest BCUT2D eigenvalue weighted by Gasteiger charge is -2.12. The fourth-order valence-corrected chi connectivity index (χ4v) is 9.38. The Balaban J connectivity index is 1.10. The zero-order chi connectivity index (χ0) is 37.7. The number of hydrogen-bond donors (Lipinski definition) is 0. The van der Waals surface area contributed by atoms with Gasteiger partial charge in [-0.25, -0.2) is 15.0 Å². The highest BCUT2D eigenvalue weighted by Crippen LogP contribution is 2.44. The van der Waals surface area contributed by atoms with Crippen molar-refractivity contribution in [2.24, 2.45) is 0 Å². The third-order valence-electron chi connectivity index (χ3n) is 10.9. The molecule has 0 amide bonds. The van der Waals surface area contributed by atoms with E-state index in [0.717, 1.165) is 61.4 Å². The minimum absolute atomic E-state index is 0.697. The molecule has 266 valence electrons. The molecule has 3 nitrogen and oxygen atoms in total. The Morgan fingerprint density at radius 1 is 0.316 bits per heavy atom. The van der Waals surface area contributed by atoms with Gasteiger partial charge < -0.3 is 0 Å². The maximum absolute atomic E-state index is 5.30. The number of nitrogens with zero attached hydrogens (tertiary/aromatic N) is 3. The molecule has 0 saturated heterocycles. The van der Waals surface area contributed by atoms with Gasteiger partial charge in [-0.05, 0) is 52.6 Å². The van der Waals surface area contributed by atoms with Crippen LogP contribution >= 0.6 is 11.3 Å². The van der Waals surface area contributed by atoms with Crippen molar-refractivity contribution in [2.75, 3.05) is 0 Å². The van der Waals surface area contributed by atoms with E-state index in [4.69, 9.17) is 15.0 Å². The summed E-state index contributed by atoms with van der Waals surface area (Å²) in [6.07, 6.45) is 0. The van der Waals surface area contributed by atoms with Crippen molar-refractivity contribution in [3.8, 4) is 67.4 Å². The van der Waals surface area contributed by atoms with Crippen molar-refractivity contribution in [1.29, 1.82) is 0 Å². The SMILES string of the molecule is c1ccc(-c2cccc(-c3cc(-c4cccc(-c5ccccc5)c4)nc(-c4ccc5c(c4)sc4c5ccc5c(-c6ccccc6)nc6ccccc6c54)n3)c2)cc1. The lowest BCUT2D eigenvalue weighted by atomic mass is 9.98. The van der Waals surface area contributed by atoms with E-state index in [1.807, 2.05) is 11.3 Å². The molecule has 4 heteroatoms. The minimum Gasteiger partial charge on any atom is -0.247 e.